The second kappa shape index (κ2) is 7.36. The Bertz CT molecular complexity index is 391. The average molecular weight is 282 g/mol. The first-order valence-electron chi connectivity index (χ1n) is 7.58. The number of ether oxygens (including phenoxy) is 1. The predicted octanol–water partition coefficient (Wildman–Crippen LogP) is 3.66. The zero-order chi connectivity index (χ0) is 13.7. The minimum absolute atomic E-state index is 0.143. The van der Waals surface area contributed by atoms with Crippen LogP contribution in [0.5, 0.6) is 0 Å². The third-order valence-corrected chi connectivity index (χ3v) is 4.96. The van der Waals surface area contributed by atoms with Crippen molar-refractivity contribution in [2.24, 2.45) is 0 Å². The topological polar surface area (TPSA) is 34.1 Å². The lowest BCUT2D eigenvalue weighted by molar-refractivity contribution is 0.0760. The van der Waals surface area contributed by atoms with E-state index in [2.05, 4.69) is 19.2 Å². The molecule has 1 aromatic heterocycles. The highest BCUT2D eigenvalue weighted by atomic mass is 32.1. The van der Waals surface area contributed by atoms with Crippen molar-refractivity contribution >= 4 is 11.3 Å². The van der Waals surface area contributed by atoms with Crippen molar-refractivity contribution in [2.75, 3.05) is 19.7 Å². The monoisotopic (exact) mass is 282 g/mol. The number of fused-ring (bicyclic) bond motifs is 1. The Balaban J connectivity index is 2.05. The summed E-state index contributed by atoms with van der Waals surface area (Å²) in [6.07, 6.45) is 5.12. The lowest BCUT2D eigenvalue weighted by Gasteiger charge is -2.21. The third kappa shape index (κ3) is 3.77. The molecule has 19 heavy (non-hydrogen) atoms. The van der Waals surface area contributed by atoms with Crippen LogP contribution in [0.3, 0.4) is 0 Å². The molecule has 0 aliphatic heterocycles. The number of rotatable bonds is 7. The molecule has 0 fully saturated rings. The molecule has 108 valence electrons. The average Bonchev–Trinajstić information content (AvgIpc) is 2.84. The van der Waals surface area contributed by atoms with Gasteiger partial charge in [0.05, 0.1) is 5.69 Å². The van der Waals surface area contributed by atoms with E-state index in [0.717, 1.165) is 24.7 Å². The van der Waals surface area contributed by atoms with Crippen molar-refractivity contribution < 1.29 is 4.74 Å². The van der Waals surface area contributed by atoms with Crippen LogP contribution in [0, 0.1) is 0 Å². The quantitative estimate of drug-likeness (QED) is 0.775. The van der Waals surface area contributed by atoms with Crippen molar-refractivity contribution in [2.45, 2.75) is 58.5 Å². The second-order valence-electron chi connectivity index (χ2n) is 5.25. The van der Waals surface area contributed by atoms with E-state index in [4.69, 9.17) is 9.72 Å². The summed E-state index contributed by atoms with van der Waals surface area (Å²) in [5.41, 5.74) is 1.35. The molecule has 0 saturated carbocycles. The number of nitrogens with one attached hydrogen (secondary N) is 1. The second-order valence-corrected chi connectivity index (χ2v) is 6.37. The van der Waals surface area contributed by atoms with E-state index in [1.54, 1.807) is 0 Å². The smallest absolute Gasteiger partial charge is 0.122 e. The van der Waals surface area contributed by atoms with Gasteiger partial charge in [0.15, 0.2) is 0 Å². The molecular formula is C15H26N2OS. The van der Waals surface area contributed by atoms with Gasteiger partial charge in [-0.15, -0.1) is 11.3 Å². The van der Waals surface area contributed by atoms with Gasteiger partial charge in [0.1, 0.15) is 11.1 Å². The van der Waals surface area contributed by atoms with Crippen molar-refractivity contribution in [3.05, 3.63) is 15.6 Å². The van der Waals surface area contributed by atoms with Crippen LogP contribution in [0.25, 0.3) is 0 Å². The van der Waals surface area contributed by atoms with Gasteiger partial charge in [-0.05, 0) is 46.1 Å². The molecule has 1 aromatic rings. The number of nitrogens with zero attached hydrogens (tertiary/aromatic N) is 1. The van der Waals surface area contributed by atoms with E-state index in [1.165, 1.54) is 36.3 Å². The molecule has 0 amide bonds. The Morgan fingerprint density at radius 2 is 2.32 bits per heavy atom. The first-order chi connectivity index (χ1) is 9.26. The van der Waals surface area contributed by atoms with Gasteiger partial charge in [-0.3, -0.25) is 0 Å². The molecular weight excluding hydrogens is 256 g/mol. The Morgan fingerprint density at radius 1 is 1.47 bits per heavy atom. The summed E-state index contributed by atoms with van der Waals surface area (Å²) >= 11 is 1.86. The molecule has 1 N–H and O–H groups in total. The minimum atomic E-state index is 0.143. The molecule has 0 radical (unpaired) electrons. The lowest BCUT2D eigenvalue weighted by Crippen LogP contribution is -2.24. The SMILES string of the molecule is CCCNCC1CCCc2sc(C(C)OCC)nc21. The van der Waals surface area contributed by atoms with Crippen molar-refractivity contribution in [1.29, 1.82) is 0 Å². The Morgan fingerprint density at radius 3 is 3.05 bits per heavy atom. The predicted molar refractivity (Wildman–Crippen MR) is 81.0 cm³/mol. The number of hydrogen-bond acceptors (Lipinski definition) is 4. The van der Waals surface area contributed by atoms with Gasteiger partial charge < -0.3 is 10.1 Å². The molecule has 0 aromatic carbocycles. The molecule has 1 heterocycles. The van der Waals surface area contributed by atoms with E-state index < -0.39 is 0 Å². The van der Waals surface area contributed by atoms with Gasteiger partial charge in [-0.2, -0.15) is 0 Å². The third-order valence-electron chi connectivity index (χ3n) is 3.67. The van der Waals surface area contributed by atoms with Crippen LogP contribution in [-0.4, -0.2) is 24.7 Å². The van der Waals surface area contributed by atoms with Crippen LogP contribution in [0.4, 0.5) is 0 Å². The van der Waals surface area contributed by atoms with Crippen LogP contribution in [0.1, 0.15) is 67.6 Å². The summed E-state index contributed by atoms with van der Waals surface area (Å²) < 4.78 is 5.67. The van der Waals surface area contributed by atoms with Crippen LogP contribution < -0.4 is 5.32 Å². The highest BCUT2D eigenvalue weighted by molar-refractivity contribution is 7.11. The molecule has 2 rings (SSSR count). The molecule has 2 atom stereocenters. The van der Waals surface area contributed by atoms with E-state index in [0.29, 0.717) is 5.92 Å². The van der Waals surface area contributed by atoms with Gasteiger partial charge in [-0.25, -0.2) is 4.98 Å². The molecule has 1 aliphatic carbocycles. The Labute approximate surface area is 120 Å². The maximum atomic E-state index is 5.67. The normalized spacial score (nSPS) is 20.3. The largest absolute Gasteiger partial charge is 0.372 e. The summed E-state index contributed by atoms with van der Waals surface area (Å²) in [5.74, 6) is 0.606. The summed E-state index contributed by atoms with van der Waals surface area (Å²) in [5, 5.41) is 4.70. The number of aryl methyl sites for hydroxylation is 1. The molecule has 0 bridgehead atoms. The van der Waals surface area contributed by atoms with Crippen molar-refractivity contribution in [3.63, 3.8) is 0 Å². The molecule has 0 spiro atoms. The zero-order valence-corrected chi connectivity index (χ0v) is 13.2. The maximum Gasteiger partial charge on any atom is 0.122 e. The lowest BCUT2D eigenvalue weighted by atomic mass is 9.91. The Kier molecular flexibility index (Phi) is 5.79. The minimum Gasteiger partial charge on any atom is -0.372 e. The number of aromatic nitrogens is 1. The standard InChI is InChI=1S/C15H26N2OS/c1-4-9-16-10-12-7-6-8-13-14(12)17-15(19-13)11(3)18-5-2/h11-12,16H,4-10H2,1-3H3. The van der Waals surface area contributed by atoms with Gasteiger partial charge in [-0.1, -0.05) is 6.92 Å². The Hall–Kier alpha value is -0.450. The van der Waals surface area contributed by atoms with Crippen molar-refractivity contribution in [1.82, 2.24) is 10.3 Å². The van der Waals surface area contributed by atoms with E-state index in [-0.39, 0.29) is 6.10 Å². The highest BCUT2D eigenvalue weighted by Gasteiger charge is 2.25. The summed E-state index contributed by atoms with van der Waals surface area (Å²) in [4.78, 5) is 6.38. The van der Waals surface area contributed by atoms with Crippen LogP contribution in [0.2, 0.25) is 0 Å². The number of thiazole rings is 1. The first kappa shape index (κ1) is 14.9. The van der Waals surface area contributed by atoms with E-state index in [1.807, 2.05) is 18.3 Å². The summed E-state index contributed by atoms with van der Waals surface area (Å²) in [6.45, 7) is 9.31. The van der Waals surface area contributed by atoms with Crippen molar-refractivity contribution in [3.8, 4) is 0 Å². The van der Waals surface area contributed by atoms with E-state index in [9.17, 15) is 0 Å². The molecule has 0 saturated heterocycles. The first-order valence-corrected chi connectivity index (χ1v) is 8.39. The number of hydrogen-bond donors (Lipinski definition) is 1. The maximum absolute atomic E-state index is 5.67. The van der Waals surface area contributed by atoms with Gasteiger partial charge in [0, 0.05) is 23.9 Å². The molecule has 4 heteroatoms. The summed E-state index contributed by atoms with van der Waals surface area (Å²) in [6, 6.07) is 0. The fraction of sp³-hybridized carbons (Fsp3) is 0.800. The fourth-order valence-electron chi connectivity index (χ4n) is 2.67. The molecule has 1 aliphatic rings. The summed E-state index contributed by atoms with van der Waals surface area (Å²) in [7, 11) is 0. The van der Waals surface area contributed by atoms with E-state index >= 15 is 0 Å². The van der Waals surface area contributed by atoms with Crippen LogP contribution in [-0.2, 0) is 11.2 Å². The van der Waals surface area contributed by atoms with Gasteiger partial charge >= 0.3 is 0 Å². The zero-order valence-electron chi connectivity index (χ0n) is 12.4. The fourth-order valence-corrected chi connectivity index (χ4v) is 3.87. The van der Waals surface area contributed by atoms with Gasteiger partial charge in [0.2, 0.25) is 0 Å². The molecule has 3 nitrogen and oxygen atoms in total. The van der Waals surface area contributed by atoms with Crippen LogP contribution in [0.15, 0.2) is 0 Å². The van der Waals surface area contributed by atoms with Crippen LogP contribution >= 0.6 is 11.3 Å². The highest BCUT2D eigenvalue weighted by Crippen LogP contribution is 2.36. The molecule has 2 unspecified atom stereocenters. The van der Waals surface area contributed by atoms with Gasteiger partial charge in [0.25, 0.3) is 0 Å².